The Balaban J connectivity index is 1.64. The number of halogens is 2. The van der Waals surface area contributed by atoms with Crippen LogP contribution in [-0.4, -0.2) is 19.0 Å². The minimum atomic E-state index is 0.149. The molecule has 3 nitrogen and oxygen atoms in total. The molecule has 1 spiro atoms. The van der Waals surface area contributed by atoms with E-state index in [2.05, 4.69) is 26.6 Å². The van der Waals surface area contributed by atoms with Crippen molar-refractivity contribution in [2.75, 3.05) is 18.4 Å². The van der Waals surface area contributed by atoms with Crippen molar-refractivity contribution in [2.45, 2.75) is 19.3 Å². The van der Waals surface area contributed by atoms with Crippen LogP contribution in [0.5, 0.6) is 0 Å². The molecule has 3 rings (SSSR count). The lowest BCUT2D eigenvalue weighted by atomic mass is 9.92. The lowest BCUT2D eigenvalue weighted by Gasteiger charge is -2.23. The standard InChI is InChI=1S/C14H16BrClN2O/c15-11-7-9(1-2-12(11)16)18-13(19)10-8-14(10)3-5-17-6-4-14/h1-2,7,10,17H,3-6,8H2,(H,18,19). The highest BCUT2D eigenvalue weighted by atomic mass is 79.9. The third-order valence-corrected chi connectivity index (χ3v) is 5.51. The van der Waals surface area contributed by atoms with Gasteiger partial charge in [-0.3, -0.25) is 4.79 Å². The van der Waals surface area contributed by atoms with Gasteiger partial charge in [0.05, 0.1) is 5.02 Å². The van der Waals surface area contributed by atoms with Gasteiger partial charge < -0.3 is 10.6 Å². The fourth-order valence-corrected chi connectivity index (χ4v) is 3.50. The summed E-state index contributed by atoms with van der Waals surface area (Å²) in [4.78, 5) is 12.3. The minimum absolute atomic E-state index is 0.149. The molecular weight excluding hydrogens is 328 g/mol. The van der Waals surface area contributed by atoms with E-state index in [1.807, 2.05) is 12.1 Å². The molecule has 1 saturated carbocycles. The van der Waals surface area contributed by atoms with Crippen LogP contribution in [0.25, 0.3) is 0 Å². The third kappa shape index (κ3) is 2.67. The zero-order valence-corrected chi connectivity index (χ0v) is 12.9. The molecule has 1 saturated heterocycles. The first-order chi connectivity index (χ1) is 9.11. The summed E-state index contributed by atoms with van der Waals surface area (Å²) in [5, 5.41) is 7.00. The molecule has 1 amide bonds. The van der Waals surface area contributed by atoms with Crippen LogP contribution in [0.4, 0.5) is 5.69 Å². The molecule has 1 aromatic carbocycles. The molecule has 1 unspecified atom stereocenters. The Morgan fingerprint density at radius 3 is 2.84 bits per heavy atom. The molecule has 1 heterocycles. The van der Waals surface area contributed by atoms with Gasteiger partial charge in [0.25, 0.3) is 0 Å². The summed E-state index contributed by atoms with van der Waals surface area (Å²) in [6.07, 6.45) is 3.28. The van der Waals surface area contributed by atoms with E-state index in [1.165, 1.54) is 0 Å². The van der Waals surface area contributed by atoms with Gasteiger partial charge in [-0.25, -0.2) is 0 Å². The Bertz CT molecular complexity index is 514. The van der Waals surface area contributed by atoms with E-state index >= 15 is 0 Å². The molecule has 1 aromatic rings. The van der Waals surface area contributed by atoms with Gasteiger partial charge in [0.2, 0.25) is 5.91 Å². The molecule has 0 radical (unpaired) electrons. The monoisotopic (exact) mass is 342 g/mol. The number of carbonyl (C=O) groups is 1. The molecule has 0 bridgehead atoms. The second kappa shape index (κ2) is 5.08. The fraction of sp³-hybridized carbons (Fsp3) is 0.500. The van der Waals surface area contributed by atoms with Gasteiger partial charge in [-0.2, -0.15) is 0 Å². The number of benzene rings is 1. The maximum Gasteiger partial charge on any atom is 0.228 e. The third-order valence-electron chi connectivity index (χ3n) is 4.29. The predicted octanol–water partition coefficient (Wildman–Crippen LogP) is 3.43. The lowest BCUT2D eigenvalue weighted by Crippen LogP contribution is -2.31. The molecule has 0 aromatic heterocycles. The quantitative estimate of drug-likeness (QED) is 0.864. The number of nitrogens with one attached hydrogen (secondary N) is 2. The van der Waals surface area contributed by atoms with Crippen LogP contribution < -0.4 is 10.6 Å². The fourth-order valence-electron chi connectivity index (χ4n) is 3.00. The number of rotatable bonds is 2. The summed E-state index contributed by atoms with van der Waals surface area (Å²) in [5.41, 5.74) is 1.08. The highest BCUT2D eigenvalue weighted by Gasteiger charge is 2.57. The number of carbonyl (C=O) groups excluding carboxylic acids is 1. The van der Waals surface area contributed by atoms with Crippen molar-refractivity contribution < 1.29 is 4.79 Å². The Labute approximate surface area is 126 Å². The second-order valence-electron chi connectivity index (χ2n) is 5.49. The summed E-state index contributed by atoms with van der Waals surface area (Å²) in [6, 6.07) is 5.47. The number of hydrogen-bond acceptors (Lipinski definition) is 2. The molecule has 2 aliphatic rings. The normalized spacial score (nSPS) is 24.2. The molecule has 2 N–H and O–H groups in total. The second-order valence-corrected chi connectivity index (χ2v) is 6.75. The molecule has 1 atom stereocenters. The highest BCUT2D eigenvalue weighted by Crippen LogP contribution is 2.58. The van der Waals surface area contributed by atoms with Crippen LogP contribution in [0.2, 0.25) is 5.02 Å². The molecule has 5 heteroatoms. The van der Waals surface area contributed by atoms with E-state index in [0.29, 0.717) is 5.02 Å². The van der Waals surface area contributed by atoms with Crippen molar-refractivity contribution >= 4 is 39.1 Å². The maximum atomic E-state index is 12.3. The summed E-state index contributed by atoms with van der Waals surface area (Å²) in [5.74, 6) is 0.333. The lowest BCUT2D eigenvalue weighted by molar-refractivity contribution is -0.118. The smallest absolute Gasteiger partial charge is 0.228 e. The van der Waals surface area contributed by atoms with E-state index in [4.69, 9.17) is 11.6 Å². The number of hydrogen-bond donors (Lipinski definition) is 2. The first-order valence-electron chi connectivity index (χ1n) is 6.57. The Morgan fingerprint density at radius 2 is 2.16 bits per heavy atom. The van der Waals surface area contributed by atoms with Crippen molar-refractivity contribution in [3.8, 4) is 0 Å². The zero-order chi connectivity index (χ0) is 13.5. The molecular formula is C14H16BrClN2O. The zero-order valence-electron chi connectivity index (χ0n) is 10.5. The van der Waals surface area contributed by atoms with E-state index in [1.54, 1.807) is 6.07 Å². The van der Waals surface area contributed by atoms with Gasteiger partial charge in [0.15, 0.2) is 0 Å². The number of amides is 1. The van der Waals surface area contributed by atoms with E-state index in [-0.39, 0.29) is 17.2 Å². The van der Waals surface area contributed by atoms with Crippen LogP contribution in [0.3, 0.4) is 0 Å². The first kappa shape index (κ1) is 13.4. The number of anilines is 1. The van der Waals surface area contributed by atoms with Gasteiger partial charge in [0.1, 0.15) is 0 Å². The molecule has 19 heavy (non-hydrogen) atoms. The topological polar surface area (TPSA) is 41.1 Å². The average Bonchev–Trinajstić information content (AvgIpc) is 3.08. The van der Waals surface area contributed by atoms with Crippen molar-refractivity contribution in [1.82, 2.24) is 5.32 Å². The van der Waals surface area contributed by atoms with Gasteiger partial charge in [-0.15, -0.1) is 0 Å². The molecule has 1 aliphatic carbocycles. The Kier molecular flexibility index (Phi) is 3.58. The van der Waals surface area contributed by atoms with Crippen molar-refractivity contribution in [1.29, 1.82) is 0 Å². The van der Waals surface area contributed by atoms with Crippen LogP contribution in [-0.2, 0) is 4.79 Å². The minimum Gasteiger partial charge on any atom is -0.326 e. The SMILES string of the molecule is O=C(Nc1ccc(Cl)c(Br)c1)C1CC12CCNCC2. The summed E-state index contributed by atoms with van der Waals surface area (Å²) in [6.45, 7) is 2.08. The summed E-state index contributed by atoms with van der Waals surface area (Å²) in [7, 11) is 0. The van der Waals surface area contributed by atoms with Gasteiger partial charge in [0, 0.05) is 16.1 Å². The average molecular weight is 344 g/mol. The molecule has 1 aliphatic heterocycles. The van der Waals surface area contributed by atoms with Crippen molar-refractivity contribution in [3.05, 3.63) is 27.7 Å². The first-order valence-corrected chi connectivity index (χ1v) is 7.74. The largest absolute Gasteiger partial charge is 0.326 e. The predicted molar refractivity (Wildman–Crippen MR) is 80.4 cm³/mol. The highest BCUT2D eigenvalue weighted by molar-refractivity contribution is 9.10. The van der Waals surface area contributed by atoms with Crippen molar-refractivity contribution in [2.24, 2.45) is 11.3 Å². The van der Waals surface area contributed by atoms with Crippen LogP contribution in [0.1, 0.15) is 19.3 Å². The maximum absolute atomic E-state index is 12.3. The molecule has 2 fully saturated rings. The van der Waals surface area contributed by atoms with Gasteiger partial charge >= 0.3 is 0 Å². The van der Waals surface area contributed by atoms with Gasteiger partial charge in [-0.05, 0) is 71.9 Å². The number of piperidine rings is 1. The van der Waals surface area contributed by atoms with Crippen molar-refractivity contribution in [3.63, 3.8) is 0 Å². The Morgan fingerprint density at radius 1 is 1.42 bits per heavy atom. The van der Waals surface area contributed by atoms with Crippen LogP contribution >= 0.6 is 27.5 Å². The van der Waals surface area contributed by atoms with Gasteiger partial charge in [-0.1, -0.05) is 11.6 Å². The summed E-state index contributed by atoms with van der Waals surface area (Å²) >= 11 is 9.31. The van der Waals surface area contributed by atoms with E-state index < -0.39 is 0 Å². The van der Waals surface area contributed by atoms with E-state index in [0.717, 1.165) is 42.5 Å². The Hall–Kier alpha value is -0.580. The van der Waals surface area contributed by atoms with Crippen LogP contribution in [0.15, 0.2) is 22.7 Å². The molecule has 102 valence electrons. The van der Waals surface area contributed by atoms with Crippen LogP contribution in [0, 0.1) is 11.3 Å². The van der Waals surface area contributed by atoms with E-state index in [9.17, 15) is 4.79 Å². The summed E-state index contributed by atoms with van der Waals surface area (Å²) < 4.78 is 0.805.